The van der Waals surface area contributed by atoms with Crippen molar-refractivity contribution >= 4 is 23.7 Å². The van der Waals surface area contributed by atoms with Gasteiger partial charge in [-0.25, -0.2) is 23.4 Å². The predicted molar refractivity (Wildman–Crippen MR) is 159 cm³/mol. The number of benzene rings is 2. The quantitative estimate of drug-likeness (QED) is 0.368. The molecule has 2 aromatic carbocycles. The summed E-state index contributed by atoms with van der Waals surface area (Å²) in [7, 11) is 0. The van der Waals surface area contributed by atoms with E-state index in [1.165, 1.54) is 24.3 Å². The molecule has 3 aromatic rings. The first kappa shape index (κ1) is 32.5. The summed E-state index contributed by atoms with van der Waals surface area (Å²) in [4.78, 5) is 42.4. The van der Waals surface area contributed by atoms with Gasteiger partial charge in [-0.15, -0.1) is 0 Å². The average molecular weight is 611 g/mol. The first-order valence-corrected chi connectivity index (χ1v) is 14.5. The summed E-state index contributed by atoms with van der Waals surface area (Å²) in [5.74, 6) is -3.30. The van der Waals surface area contributed by atoms with Crippen molar-refractivity contribution in [1.29, 1.82) is 0 Å². The van der Waals surface area contributed by atoms with Crippen molar-refractivity contribution in [3.8, 4) is 0 Å². The smallest absolute Gasteiger partial charge is 0.414 e. The van der Waals surface area contributed by atoms with Crippen molar-refractivity contribution in [3.63, 3.8) is 0 Å². The molecular weight excluding hydrogens is 574 g/mol. The average Bonchev–Trinajstić information content (AvgIpc) is 3.05. The van der Waals surface area contributed by atoms with Crippen molar-refractivity contribution in [3.05, 3.63) is 95.2 Å². The maximum Gasteiger partial charge on any atom is 0.414 e. The SMILES string of the molecule is O=C(O)C(=O)O.O=C(c1cccnc1N1CCN(CCCC(c2ccc(F)cc2)c2ccc(F)cc2)CC1)N1CCOCC1. The van der Waals surface area contributed by atoms with Crippen LogP contribution < -0.4 is 4.90 Å². The first-order chi connectivity index (χ1) is 21.2. The Morgan fingerprint density at radius 3 is 1.86 bits per heavy atom. The summed E-state index contributed by atoms with van der Waals surface area (Å²) in [5, 5.41) is 14.8. The topological polar surface area (TPSA) is 124 Å². The Balaban J connectivity index is 0.000000670. The van der Waals surface area contributed by atoms with Crippen LogP contribution in [-0.2, 0) is 14.3 Å². The number of morpholine rings is 1. The molecule has 0 saturated carbocycles. The van der Waals surface area contributed by atoms with Gasteiger partial charge in [-0.2, -0.15) is 0 Å². The number of anilines is 1. The van der Waals surface area contributed by atoms with Crippen LogP contribution in [0.15, 0.2) is 66.9 Å². The van der Waals surface area contributed by atoms with Crippen molar-refractivity contribution in [2.24, 2.45) is 0 Å². The fraction of sp³-hybridized carbons (Fsp3) is 0.375. The predicted octanol–water partition coefficient (Wildman–Crippen LogP) is 3.72. The van der Waals surface area contributed by atoms with Crippen LogP contribution >= 0.6 is 0 Å². The first-order valence-electron chi connectivity index (χ1n) is 14.5. The lowest BCUT2D eigenvalue weighted by atomic mass is 9.87. The second-order valence-electron chi connectivity index (χ2n) is 10.5. The number of rotatable bonds is 8. The Kier molecular flexibility index (Phi) is 11.7. The number of amides is 1. The minimum absolute atomic E-state index is 0.0199. The third-order valence-corrected chi connectivity index (χ3v) is 7.68. The molecule has 0 spiro atoms. The van der Waals surface area contributed by atoms with Crippen molar-refractivity contribution in [1.82, 2.24) is 14.8 Å². The molecule has 1 aromatic heterocycles. The number of carbonyl (C=O) groups excluding carboxylic acids is 1. The summed E-state index contributed by atoms with van der Waals surface area (Å²) in [5.41, 5.74) is 2.73. The number of halogens is 2. The maximum absolute atomic E-state index is 13.5. The standard InChI is InChI=1S/C30H34F2N4O2.C2H2O4/c31-25-9-5-23(6-10-25)27(24-7-11-26(32)12-8-24)4-2-14-34-15-17-35(18-16-34)29-28(3-1-13-33-29)30(37)36-19-21-38-22-20-36;3-1(4)2(5)6/h1,3,5-13,27H,2,4,14-22H2;(H,3,4)(H,5,6). The highest BCUT2D eigenvalue weighted by Crippen LogP contribution is 2.30. The monoisotopic (exact) mass is 610 g/mol. The number of hydrogen-bond acceptors (Lipinski definition) is 7. The molecule has 234 valence electrons. The Morgan fingerprint density at radius 2 is 1.34 bits per heavy atom. The molecule has 0 aliphatic carbocycles. The molecular formula is C32H36F2N4O6. The maximum atomic E-state index is 13.5. The number of nitrogens with zero attached hydrogens (tertiary/aromatic N) is 4. The Hall–Kier alpha value is -4.42. The number of aromatic nitrogens is 1. The van der Waals surface area contributed by atoms with E-state index in [9.17, 15) is 13.6 Å². The van der Waals surface area contributed by atoms with Gasteiger partial charge in [0.1, 0.15) is 17.5 Å². The fourth-order valence-electron chi connectivity index (χ4n) is 5.37. The third-order valence-electron chi connectivity index (χ3n) is 7.68. The molecule has 2 aliphatic heterocycles. The van der Waals surface area contributed by atoms with E-state index in [0.717, 1.165) is 62.5 Å². The van der Waals surface area contributed by atoms with Gasteiger partial charge in [0.15, 0.2) is 0 Å². The van der Waals surface area contributed by atoms with Gasteiger partial charge in [-0.3, -0.25) is 9.69 Å². The Labute approximate surface area is 254 Å². The Morgan fingerprint density at radius 1 is 0.795 bits per heavy atom. The van der Waals surface area contributed by atoms with E-state index in [1.54, 1.807) is 6.20 Å². The van der Waals surface area contributed by atoms with Gasteiger partial charge in [0.05, 0.1) is 18.8 Å². The number of carbonyl (C=O) groups is 3. The molecule has 10 nitrogen and oxygen atoms in total. The molecule has 3 heterocycles. The summed E-state index contributed by atoms with van der Waals surface area (Å²) >= 11 is 0. The normalized spacial score (nSPS) is 15.4. The van der Waals surface area contributed by atoms with Crippen LogP contribution in [0.25, 0.3) is 0 Å². The van der Waals surface area contributed by atoms with Gasteiger partial charge in [-0.05, 0) is 66.9 Å². The number of aliphatic carboxylic acids is 2. The minimum Gasteiger partial charge on any atom is -0.473 e. The molecule has 2 N–H and O–H groups in total. The lowest BCUT2D eigenvalue weighted by molar-refractivity contribution is -0.159. The van der Waals surface area contributed by atoms with Crippen LogP contribution in [0.1, 0.15) is 40.2 Å². The van der Waals surface area contributed by atoms with Crippen molar-refractivity contribution < 1.29 is 38.1 Å². The van der Waals surface area contributed by atoms with E-state index in [4.69, 9.17) is 24.5 Å². The Bertz CT molecular complexity index is 1340. The molecule has 1 amide bonds. The van der Waals surface area contributed by atoms with E-state index in [0.29, 0.717) is 31.9 Å². The minimum atomic E-state index is -1.82. The zero-order chi connectivity index (χ0) is 31.5. The van der Waals surface area contributed by atoms with Crippen LogP contribution in [0, 0.1) is 11.6 Å². The van der Waals surface area contributed by atoms with Crippen LogP contribution in [0.4, 0.5) is 14.6 Å². The number of piperazine rings is 1. The van der Waals surface area contributed by atoms with Crippen LogP contribution in [0.3, 0.4) is 0 Å². The van der Waals surface area contributed by atoms with Crippen LogP contribution in [0.5, 0.6) is 0 Å². The fourth-order valence-corrected chi connectivity index (χ4v) is 5.37. The van der Waals surface area contributed by atoms with Gasteiger partial charge < -0.3 is 24.7 Å². The summed E-state index contributed by atoms with van der Waals surface area (Å²) in [6, 6.07) is 16.9. The number of ether oxygens (including phenoxy) is 1. The van der Waals surface area contributed by atoms with Gasteiger partial charge in [-0.1, -0.05) is 24.3 Å². The molecule has 44 heavy (non-hydrogen) atoms. The lowest BCUT2D eigenvalue weighted by Gasteiger charge is -2.36. The highest BCUT2D eigenvalue weighted by atomic mass is 19.1. The van der Waals surface area contributed by atoms with Gasteiger partial charge >= 0.3 is 11.9 Å². The zero-order valence-corrected chi connectivity index (χ0v) is 24.3. The van der Waals surface area contributed by atoms with Gasteiger partial charge in [0.25, 0.3) is 5.91 Å². The molecule has 2 aliphatic rings. The zero-order valence-electron chi connectivity index (χ0n) is 24.3. The van der Waals surface area contributed by atoms with E-state index in [1.807, 2.05) is 41.3 Å². The van der Waals surface area contributed by atoms with E-state index >= 15 is 0 Å². The summed E-state index contributed by atoms with van der Waals surface area (Å²) in [6.45, 7) is 6.69. The summed E-state index contributed by atoms with van der Waals surface area (Å²) in [6.07, 6.45) is 3.60. The second-order valence-corrected chi connectivity index (χ2v) is 10.5. The molecule has 12 heteroatoms. The van der Waals surface area contributed by atoms with E-state index in [-0.39, 0.29) is 23.5 Å². The molecule has 0 bridgehead atoms. The van der Waals surface area contributed by atoms with E-state index < -0.39 is 11.9 Å². The van der Waals surface area contributed by atoms with Crippen LogP contribution in [-0.4, -0.2) is 102 Å². The van der Waals surface area contributed by atoms with Crippen LogP contribution in [0.2, 0.25) is 0 Å². The summed E-state index contributed by atoms with van der Waals surface area (Å²) < 4.78 is 32.5. The molecule has 0 unspecified atom stereocenters. The molecule has 2 fully saturated rings. The highest BCUT2D eigenvalue weighted by molar-refractivity contribution is 6.27. The van der Waals surface area contributed by atoms with Gasteiger partial charge in [0, 0.05) is 51.4 Å². The second kappa shape index (κ2) is 15.9. The molecule has 2 saturated heterocycles. The highest BCUT2D eigenvalue weighted by Gasteiger charge is 2.26. The number of carboxylic acids is 2. The third kappa shape index (κ3) is 9.04. The van der Waals surface area contributed by atoms with Crippen molar-refractivity contribution in [2.75, 3.05) is 63.9 Å². The van der Waals surface area contributed by atoms with E-state index in [2.05, 4.69) is 14.8 Å². The largest absolute Gasteiger partial charge is 0.473 e. The van der Waals surface area contributed by atoms with Crippen molar-refractivity contribution in [2.45, 2.75) is 18.8 Å². The lowest BCUT2D eigenvalue weighted by Crippen LogP contribution is -2.48. The molecule has 5 rings (SSSR count). The molecule has 0 radical (unpaired) electrons. The number of hydrogen-bond donors (Lipinski definition) is 2. The van der Waals surface area contributed by atoms with Gasteiger partial charge in [0.2, 0.25) is 0 Å². The number of pyridine rings is 1. The number of carboxylic acid groups (broad SMARTS) is 2. The molecule has 0 atom stereocenters.